The van der Waals surface area contributed by atoms with Crippen LogP contribution < -0.4 is 5.73 Å². The Morgan fingerprint density at radius 2 is 2.18 bits per heavy atom. The molecule has 118 valence electrons. The van der Waals surface area contributed by atoms with Crippen LogP contribution in [-0.2, 0) is 14.8 Å². The fourth-order valence-corrected chi connectivity index (χ4v) is 4.01. The molecule has 1 saturated heterocycles. The molecule has 7 nitrogen and oxygen atoms in total. The summed E-state index contributed by atoms with van der Waals surface area (Å²) >= 11 is 0. The molecule has 2 heterocycles. The zero-order valence-electron chi connectivity index (χ0n) is 12.3. The van der Waals surface area contributed by atoms with Crippen molar-refractivity contribution in [2.24, 2.45) is 10.1 Å². The number of amides is 1. The van der Waals surface area contributed by atoms with Gasteiger partial charge < -0.3 is 15.5 Å². The molecule has 0 aliphatic carbocycles. The number of rotatable bonds is 2. The van der Waals surface area contributed by atoms with E-state index in [9.17, 15) is 13.2 Å². The molecular weight excluding hydrogens is 304 g/mol. The van der Waals surface area contributed by atoms with E-state index in [4.69, 9.17) is 5.73 Å². The molecule has 0 spiro atoms. The van der Waals surface area contributed by atoms with Crippen LogP contribution >= 0.6 is 0 Å². The third kappa shape index (κ3) is 2.59. The molecule has 8 heteroatoms. The normalized spacial score (nSPS) is 22.4. The number of benzene rings is 1. The number of hydrogen-bond donors (Lipinski definition) is 1. The van der Waals surface area contributed by atoms with Gasteiger partial charge in [-0.25, -0.2) is 0 Å². The van der Waals surface area contributed by atoms with Crippen molar-refractivity contribution in [1.82, 2.24) is 9.80 Å². The van der Waals surface area contributed by atoms with E-state index in [1.165, 1.54) is 6.07 Å². The summed E-state index contributed by atoms with van der Waals surface area (Å²) in [6, 6.07) is 6.66. The molecule has 1 amide bonds. The van der Waals surface area contributed by atoms with Gasteiger partial charge in [0, 0.05) is 31.7 Å². The highest BCUT2D eigenvalue weighted by Crippen LogP contribution is 2.26. The maximum absolute atomic E-state index is 12.3. The van der Waals surface area contributed by atoms with Crippen molar-refractivity contribution in [2.75, 3.05) is 26.7 Å². The van der Waals surface area contributed by atoms with Gasteiger partial charge in [0.2, 0.25) is 5.91 Å². The number of nitrogens with two attached hydrogens (primary N) is 1. The minimum atomic E-state index is -3.66. The molecule has 1 aromatic carbocycles. The zero-order valence-corrected chi connectivity index (χ0v) is 13.1. The smallest absolute Gasteiger partial charge is 0.285 e. The van der Waals surface area contributed by atoms with Gasteiger partial charge in [0.05, 0.1) is 6.54 Å². The molecule has 1 aromatic rings. The van der Waals surface area contributed by atoms with Gasteiger partial charge >= 0.3 is 0 Å². The second-order valence-electron chi connectivity index (χ2n) is 5.63. The Kier molecular flexibility index (Phi) is 3.65. The highest BCUT2D eigenvalue weighted by atomic mass is 32.2. The van der Waals surface area contributed by atoms with Crippen LogP contribution in [0.5, 0.6) is 0 Å². The number of nitrogens with zero attached hydrogens (tertiary/aromatic N) is 3. The lowest BCUT2D eigenvalue weighted by atomic mass is 10.2. The number of hydrogen-bond acceptors (Lipinski definition) is 5. The van der Waals surface area contributed by atoms with Crippen molar-refractivity contribution in [3.63, 3.8) is 0 Å². The Morgan fingerprint density at radius 1 is 1.45 bits per heavy atom. The molecule has 0 saturated carbocycles. The van der Waals surface area contributed by atoms with E-state index >= 15 is 0 Å². The summed E-state index contributed by atoms with van der Waals surface area (Å²) in [4.78, 5) is 15.7. The first-order valence-electron chi connectivity index (χ1n) is 7.07. The van der Waals surface area contributed by atoms with Crippen LogP contribution in [0.15, 0.2) is 33.6 Å². The Bertz CT molecular complexity index is 744. The molecule has 0 radical (unpaired) electrons. The van der Waals surface area contributed by atoms with Crippen LogP contribution in [0.25, 0.3) is 0 Å². The minimum Gasteiger partial charge on any atom is -0.349 e. The van der Waals surface area contributed by atoms with Crippen molar-refractivity contribution in [1.29, 1.82) is 0 Å². The molecule has 2 aliphatic rings. The van der Waals surface area contributed by atoms with Gasteiger partial charge in [-0.15, -0.1) is 4.40 Å². The van der Waals surface area contributed by atoms with Crippen molar-refractivity contribution in [3.05, 3.63) is 29.8 Å². The molecular formula is C14H18N4O3S. The predicted octanol–water partition coefficient (Wildman–Crippen LogP) is -0.373. The summed E-state index contributed by atoms with van der Waals surface area (Å²) in [6.45, 7) is 1.28. The maximum Gasteiger partial charge on any atom is 0.285 e. The standard InChI is InChI=1S/C14H18N4O3S/c1-17(9-13(19)18-7-6-10(15)8-18)14-11-4-2-3-5-12(11)22(20,21)16-14/h2-5,10H,6-9,15H2,1H3/t10-/m1/s1. The number of sulfonamides is 1. The number of likely N-dealkylation sites (N-methyl/N-ethyl adjacent to an activating group) is 1. The summed E-state index contributed by atoms with van der Waals surface area (Å²) in [7, 11) is -1.99. The fourth-order valence-electron chi connectivity index (χ4n) is 2.76. The number of carbonyl (C=O) groups is 1. The highest BCUT2D eigenvalue weighted by molar-refractivity contribution is 7.90. The summed E-state index contributed by atoms with van der Waals surface area (Å²) < 4.78 is 27.9. The van der Waals surface area contributed by atoms with Gasteiger partial charge in [0.15, 0.2) is 5.84 Å². The molecule has 2 aliphatic heterocycles. The number of fused-ring (bicyclic) bond motifs is 1. The molecule has 1 fully saturated rings. The Balaban J connectivity index is 1.79. The van der Waals surface area contributed by atoms with Crippen LogP contribution in [0.1, 0.15) is 12.0 Å². The summed E-state index contributed by atoms with van der Waals surface area (Å²) in [6.07, 6.45) is 0.799. The average Bonchev–Trinajstić information content (AvgIpc) is 3.02. The zero-order chi connectivity index (χ0) is 15.9. The number of likely N-dealkylation sites (tertiary alicyclic amines) is 1. The fraction of sp³-hybridized carbons (Fsp3) is 0.429. The Morgan fingerprint density at radius 3 is 2.86 bits per heavy atom. The van der Waals surface area contributed by atoms with Crippen molar-refractivity contribution in [3.8, 4) is 0 Å². The van der Waals surface area contributed by atoms with Crippen molar-refractivity contribution < 1.29 is 13.2 Å². The average molecular weight is 322 g/mol. The van der Waals surface area contributed by atoms with E-state index in [0.717, 1.165) is 6.42 Å². The van der Waals surface area contributed by atoms with E-state index in [1.54, 1.807) is 35.0 Å². The minimum absolute atomic E-state index is 0.0270. The molecule has 0 unspecified atom stereocenters. The van der Waals surface area contributed by atoms with E-state index in [0.29, 0.717) is 24.5 Å². The summed E-state index contributed by atoms with van der Waals surface area (Å²) in [5.41, 5.74) is 6.34. The van der Waals surface area contributed by atoms with E-state index in [-0.39, 0.29) is 23.4 Å². The molecule has 2 N–H and O–H groups in total. The molecule has 3 rings (SSSR count). The molecule has 0 bridgehead atoms. The van der Waals surface area contributed by atoms with Crippen LogP contribution in [0.3, 0.4) is 0 Å². The monoisotopic (exact) mass is 322 g/mol. The molecule has 0 aromatic heterocycles. The van der Waals surface area contributed by atoms with Gasteiger partial charge in [-0.3, -0.25) is 4.79 Å². The van der Waals surface area contributed by atoms with Crippen LogP contribution in [-0.4, -0.2) is 62.7 Å². The second kappa shape index (κ2) is 5.36. The number of carbonyl (C=O) groups excluding carboxylic acids is 1. The predicted molar refractivity (Wildman–Crippen MR) is 82.0 cm³/mol. The highest BCUT2D eigenvalue weighted by Gasteiger charge is 2.32. The van der Waals surface area contributed by atoms with Gasteiger partial charge in [-0.2, -0.15) is 8.42 Å². The maximum atomic E-state index is 12.3. The topological polar surface area (TPSA) is 96.1 Å². The van der Waals surface area contributed by atoms with Gasteiger partial charge in [0.1, 0.15) is 4.90 Å². The Hall–Kier alpha value is -1.93. The van der Waals surface area contributed by atoms with E-state index < -0.39 is 10.0 Å². The number of amidine groups is 1. The first-order chi connectivity index (χ1) is 10.4. The lowest BCUT2D eigenvalue weighted by molar-refractivity contribution is -0.130. The van der Waals surface area contributed by atoms with Crippen LogP contribution in [0.2, 0.25) is 0 Å². The van der Waals surface area contributed by atoms with Crippen molar-refractivity contribution in [2.45, 2.75) is 17.4 Å². The van der Waals surface area contributed by atoms with Gasteiger partial charge in [0.25, 0.3) is 10.0 Å². The van der Waals surface area contributed by atoms with Crippen LogP contribution in [0, 0.1) is 0 Å². The second-order valence-corrected chi connectivity index (χ2v) is 7.20. The van der Waals surface area contributed by atoms with E-state index in [1.807, 2.05) is 0 Å². The molecule has 22 heavy (non-hydrogen) atoms. The van der Waals surface area contributed by atoms with Crippen molar-refractivity contribution >= 4 is 21.8 Å². The third-order valence-corrected chi connectivity index (χ3v) is 5.25. The third-order valence-electron chi connectivity index (χ3n) is 3.92. The van der Waals surface area contributed by atoms with E-state index in [2.05, 4.69) is 4.40 Å². The lowest BCUT2D eigenvalue weighted by Crippen LogP contribution is -2.41. The summed E-state index contributed by atoms with van der Waals surface area (Å²) in [5.74, 6) is 0.243. The Labute approximate surface area is 129 Å². The van der Waals surface area contributed by atoms with Gasteiger partial charge in [-0.1, -0.05) is 12.1 Å². The SMILES string of the molecule is CN(CC(=O)N1CC[C@@H](N)C1)C1=NS(=O)(=O)c2ccccc21. The largest absolute Gasteiger partial charge is 0.349 e. The quantitative estimate of drug-likeness (QED) is 0.801. The lowest BCUT2D eigenvalue weighted by Gasteiger charge is -2.22. The van der Waals surface area contributed by atoms with Gasteiger partial charge in [-0.05, 0) is 18.6 Å². The molecule has 1 atom stereocenters. The first-order valence-corrected chi connectivity index (χ1v) is 8.51. The first kappa shape index (κ1) is 15.0. The summed E-state index contributed by atoms with van der Waals surface area (Å²) in [5, 5.41) is 0. The van der Waals surface area contributed by atoms with Crippen LogP contribution in [0.4, 0.5) is 0 Å².